The third-order valence-corrected chi connectivity index (χ3v) is 5.30. The van der Waals surface area contributed by atoms with Crippen molar-refractivity contribution >= 4 is 11.8 Å². The Balaban J connectivity index is 1.60. The van der Waals surface area contributed by atoms with Gasteiger partial charge >= 0.3 is 6.18 Å². The second-order valence-electron chi connectivity index (χ2n) is 7.70. The molecule has 0 bridgehead atoms. The van der Waals surface area contributed by atoms with Gasteiger partial charge < -0.3 is 19.7 Å². The molecule has 0 aliphatic carbocycles. The molecule has 2 aromatic carbocycles. The van der Waals surface area contributed by atoms with E-state index in [0.717, 1.165) is 44.5 Å². The Hall–Kier alpha value is -3.23. The fourth-order valence-corrected chi connectivity index (χ4v) is 3.51. The highest BCUT2D eigenvalue weighted by atomic mass is 19.4. The molecule has 1 saturated heterocycles. The van der Waals surface area contributed by atoms with Gasteiger partial charge in [-0.05, 0) is 62.1 Å². The number of hydrogen-bond acceptors (Lipinski definition) is 4. The van der Waals surface area contributed by atoms with Gasteiger partial charge in [-0.3, -0.25) is 9.59 Å². The van der Waals surface area contributed by atoms with Gasteiger partial charge in [0.05, 0.1) is 12.2 Å². The Bertz CT molecular complexity index is 955. The molecular weight excluding hydrogens is 437 g/mol. The number of nitrogens with one attached hydrogen (secondary N) is 1. The normalized spacial score (nSPS) is 14.0. The lowest BCUT2D eigenvalue weighted by molar-refractivity contribution is -0.137. The summed E-state index contributed by atoms with van der Waals surface area (Å²) in [6.07, 6.45) is -1.29. The fourth-order valence-electron chi connectivity index (χ4n) is 3.51. The van der Waals surface area contributed by atoms with E-state index in [1.54, 1.807) is 24.0 Å². The zero-order valence-electron chi connectivity index (χ0n) is 18.4. The Labute approximate surface area is 190 Å². The van der Waals surface area contributed by atoms with E-state index in [4.69, 9.17) is 9.47 Å². The number of amides is 2. The molecule has 178 valence electrons. The van der Waals surface area contributed by atoms with Crippen LogP contribution in [0.1, 0.15) is 47.7 Å². The highest BCUT2D eigenvalue weighted by molar-refractivity contribution is 5.94. The topological polar surface area (TPSA) is 67.9 Å². The molecule has 0 aromatic heterocycles. The second-order valence-corrected chi connectivity index (χ2v) is 7.70. The van der Waals surface area contributed by atoms with Crippen LogP contribution < -0.4 is 14.8 Å². The predicted molar refractivity (Wildman–Crippen MR) is 116 cm³/mol. The number of carbonyl (C=O) groups is 2. The highest BCUT2D eigenvalue weighted by Gasteiger charge is 2.29. The summed E-state index contributed by atoms with van der Waals surface area (Å²) in [5, 5.41) is 2.68. The molecule has 1 aliphatic heterocycles. The maximum atomic E-state index is 12.7. The number of nitrogens with zero attached hydrogens (tertiary/aromatic N) is 1. The monoisotopic (exact) mass is 464 g/mol. The van der Waals surface area contributed by atoms with E-state index in [1.807, 2.05) is 0 Å². The summed E-state index contributed by atoms with van der Waals surface area (Å²) < 4.78 is 49.3. The van der Waals surface area contributed by atoms with Gasteiger partial charge in [-0.2, -0.15) is 13.2 Å². The van der Waals surface area contributed by atoms with Crippen molar-refractivity contribution in [2.45, 2.75) is 38.9 Å². The van der Waals surface area contributed by atoms with Crippen molar-refractivity contribution in [3.63, 3.8) is 0 Å². The van der Waals surface area contributed by atoms with E-state index in [-0.39, 0.29) is 19.1 Å². The van der Waals surface area contributed by atoms with Crippen LogP contribution in [0.15, 0.2) is 42.5 Å². The lowest BCUT2D eigenvalue weighted by Crippen LogP contribution is -2.38. The van der Waals surface area contributed by atoms with Gasteiger partial charge in [0.1, 0.15) is 0 Å². The summed E-state index contributed by atoms with van der Waals surface area (Å²) in [5.41, 5.74) is 0.103. The Morgan fingerprint density at radius 2 is 1.67 bits per heavy atom. The largest absolute Gasteiger partial charge is 0.490 e. The lowest BCUT2D eigenvalue weighted by Gasteiger charge is -2.26. The smallest absolute Gasteiger partial charge is 0.416 e. The number of carbonyl (C=O) groups excluding carboxylic acids is 2. The highest BCUT2D eigenvalue weighted by Crippen LogP contribution is 2.30. The minimum atomic E-state index is -4.40. The third kappa shape index (κ3) is 6.87. The van der Waals surface area contributed by atoms with E-state index in [1.165, 1.54) is 18.2 Å². The third-order valence-electron chi connectivity index (χ3n) is 5.30. The predicted octanol–water partition coefficient (Wildman–Crippen LogP) is 4.43. The van der Waals surface area contributed by atoms with E-state index in [9.17, 15) is 22.8 Å². The van der Waals surface area contributed by atoms with Gasteiger partial charge in [0, 0.05) is 25.2 Å². The van der Waals surface area contributed by atoms with Crippen LogP contribution >= 0.6 is 0 Å². The maximum Gasteiger partial charge on any atom is 0.416 e. The molecule has 1 heterocycles. The van der Waals surface area contributed by atoms with Crippen molar-refractivity contribution in [3.8, 4) is 11.5 Å². The summed E-state index contributed by atoms with van der Waals surface area (Å²) in [4.78, 5) is 26.7. The van der Waals surface area contributed by atoms with Crippen LogP contribution in [-0.2, 0) is 17.5 Å². The fraction of sp³-hybridized carbons (Fsp3) is 0.417. The van der Waals surface area contributed by atoms with Crippen LogP contribution in [-0.4, -0.2) is 43.0 Å². The summed E-state index contributed by atoms with van der Waals surface area (Å²) in [5.74, 6) is 0.204. The maximum absolute atomic E-state index is 12.7. The number of halogens is 3. The van der Waals surface area contributed by atoms with Crippen molar-refractivity contribution in [2.24, 2.45) is 0 Å². The number of rotatable bonds is 8. The molecule has 2 aromatic rings. The molecule has 6 nitrogen and oxygen atoms in total. The molecule has 9 heteroatoms. The van der Waals surface area contributed by atoms with Gasteiger partial charge in [-0.25, -0.2) is 0 Å². The second kappa shape index (κ2) is 11.1. The summed E-state index contributed by atoms with van der Waals surface area (Å²) in [7, 11) is 0. The molecular formula is C24H27F3N2O4. The van der Waals surface area contributed by atoms with Gasteiger partial charge in [-0.1, -0.05) is 12.1 Å². The van der Waals surface area contributed by atoms with Crippen LogP contribution in [0.4, 0.5) is 13.2 Å². The van der Waals surface area contributed by atoms with Gasteiger partial charge in [-0.15, -0.1) is 0 Å². The Kier molecular flexibility index (Phi) is 8.19. The number of ether oxygens (including phenoxy) is 2. The van der Waals surface area contributed by atoms with Crippen molar-refractivity contribution in [2.75, 3.05) is 26.3 Å². The molecule has 0 unspecified atom stereocenters. The van der Waals surface area contributed by atoms with Crippen LogP contribution in [0.25, 0.3) is 0 Å². The number of benzene rings is 2. The van der Waals surface area contributed by atoms with Crippen LogP contribution in [0, 0.1) is 0 Å². The molecule has 33 heavy (non-hydrogen) atoms. The molecule has 3 rings (SSSR count). The van der Waals surface area contributed by atoms with Gasteiger partial charge in [0.25, 0.3) is 11.8 Å². The summed E-state index contributed by atoms with van der Waals surface area (Å²) in [6.45, 7) is 3.56. The SMILES string of the molecule is CCOc1cc(C(=O)NCc2ccc(C(F)(F)F)cc2)ccc1OCC(=O)N1CCCCC1. The molecule has 0 saturated carbocycles. The standard InChI is InChI=1S/C24H27F3N2O4/c1-2-32-21-14-18(8-11-20(21)33-16-22(30)29-12-4-3-5-13-29)23(31)28-15-17-6-9-19(10-7-17)24(25,26)27/h6-11,14H,2-5,12-13,15-16H2,1H3,(H,28,31). The van der Waals surface area contributed by atoms with Crippen molar-refractivity contribution in [1.82, 2.24) is 10.2 Å². The Morgan fingerprint density at radius 1 is 0.970 bits per heavy atom. The van der Waals surface area contributed by atoms with Crippen LogP contribution in [0.3, 0.4) is 0 Å². The van der Waals surface area contributed by atoms with Crippen LogP contribution in [0.2, 0.25) is 0 Å². The number of alkyl halides is 3. The van der Waals surface area contributed by atoms with Gasteiger partial charge in [0.15, 0.2) is 18.1 Å². The molecule has 0 atom stereocenters. The zero-order chi connectivity index (χ0) is 23.8. The van der Waals surface area contributed by atoms with Crippen molar-refractivity contribution in [3.05, 3.63) is 59.2 Å². The van der Waals surface area contributed by atoms with E-state index >= 15 is 0 Å². The first kappa shape index (κ1) is 24.4. The van der Waals surface area contributed by atoms with Crippen LogP contribution in [0.5, 0.6) is 11.5 Å². The van der Waals surface area contributed by atoms with Crippen molar-refractivity contribution < 1.29 is 32.2 Å². The molecule has 1 fully saturated rings. The van der Waals surface area contributed by atoms with E-state index < -0.39 is 17.6 Å². The Morgan fingerprint density at radius 3 is 2.30 bits per heavy atom. The molecule has 2 amide bonds. The van der Waals surface area contributed by atoms with Crippen molar-refractivity contribution in [1.29, 1.82) is 0 Å². The first-order valence-electron chi connectivity index (χ1n) is 10.9. The first-order chi connectivity index (χ1) is 15.8. The lowest BCUT2D eigenvalue weighted by atomic mass is 10.1. The molecule has 0 spiro atoms. The minimum Gasteiger partial charge on any atom is -0.490 e. The quantitative estimate of drug-likeness (QED) is 0.628. The molecule has 0 radical (unpaired) electrons. The molecule has 1 aliphatic rings. The number of piperidine rings is 1. The average molecular weight is 464 g/mol. The first-order valence-corrected chi connectivity index (χ1v) is 10.9. The molecule has 1 N–H and O–H groups in total. The van der Waals surface area contributed by atoms with Gasteiger partial charge in [0.2, 0.25) is 0 Å². The zero-order valence-corrected chi connectivity index (χ0v) is 18.4. The number of likely N-dealkylation sites (tertiary alicyclic amines) is 1. The minimum absolute atomic E-state index is 0.0729. The van der Waals surface area contributed by atoms with E-state index in [2.05, 4.69) is 5.32 Å². The summed E-state index contributed by atoms with van der Waals surface area (Å²) in [6, 6.07) is 9.24. The number of hydrogen-bond donors (Lipinski definition) is 1. The summed E-state index contributed by atoms with van der Waals surface area (Å²) >= 11 is 0. The van der Waals surface area contributed by atoms with E-state index in [0.29, 0.717) is 29.2 Å². The average Bonchev–Trinajstić information content (AvgIpc) is 2.82.